The Hall–Kier alpha value is -1.43. The van der Waals surface area contributed by atoms with Crippen molar-refractivity contribution in [1.29, 1.82) is 0 Å². The second-order valence-electron chi connectivity index (χ2n) is 5.38. The van der Waals surface area contributed by atoms with E-state index < -0.39 is 0 Å². The Kier molecular flexibility index (Phi) is 10.3. The van der Waals surface area contributed by atoms with Crippen molar-refractivity contribution in [2.75, 3.05) is 51.3 Å². The molecule has 0 saturated carbocycles. The Bertz CT molecular complexity index is 464. The van der Waals surface area contributed by atoms with Crippen LogP contribution in [0.4, 0.5) is 5.69 Å². The zero-order chi connectivity index (χ0) is 16.9. The summed E-state index contributed by atoms with van der Waals surface area (Å²) in [6.07, 6.45) is 0.852. The largest absolute Gasteiger partial charge is 0.384 e. The van der Waals surface area contributed by atoms with Crippen molar-refractivity contribution in [3.63, 3.8) is 0 Å². The molecule has 0 aliphatic heterocycles. The first-order valence-electron chi connectivity index (χ1n) is 8.56. The maximum Gasteiger partial charge on any atom is 0.160 e. The van der Waals surface area contributed by atoms with E-state index in [1.807, 2.05) is 18.2 Å². The molecule has 130 valence electrons. The molecule has 5 heteroatoms. The van der Waals surface area contributed by atoms with E-state index in [0.29, 0.717) is 0 Å². The summed E-state index contributed by atoms with van der Waals surface area (Å²) in [7, 11) is 0. The number of rotatable bonds is 13. The Balaban J connectivity index is 2.21. The molecule has 1 rings (SSSR count). The van der Waals surface area contributed by atoms with Crippen LogP contribution in [-0.4, -0.2) is 51.7 Å². The number of likely N-dealkylation sites (N-methyl/N-ethyl adjacent to an activating group) is 1. The molecule has 0 atom stereocenters. The van der Waals surface area contributed by atoms with Crippen molar-refractivity contribution in [3.8, 4) is 0 Å². The lowest BCUT2D eigenvalue weighted by molar-refractivity contribution is 0.101. The van der Waals surface area contributed by atoms with Gasteiger partial charge >= 0.3 is 0 Å². The summed E-state index contributed by atoms with van der Waals surface area (Å²) in [6.45, 7) is 11.7. The Labute approximate surface area is 140 Å². The van der Waals surface area contributed by atoms with Crippen molar-refractivity contribution < 1.29 is 9.53 Å². The van der Waals surface area contributed by atoms with E-state index in [2.05, 4.69) is 29.8 Å². The minimum absolute atomic E-state index is 0.123. The predicted molar refractivity (Wildman–Crippen MR) is 96.5 cm³/mol. The second kappa shape index (κ2) is 12.0. The monoisotopic (exact) mass is 321 g/mol. The number of Topliss-reactive ketones (excluding diaryl/α,β-unsaturated/α-hetero) is 1. The molecule has 0 heterocycles. The summed E-state index contributed by atoms with van der Waals surface area (Å²) in [6, 6.07) is 5.87. The molecule has 0 fully saturated rings. The summed E-state index contributed by atoms with van der Waals surface area (Å²) in [4.78, 5) is 11.7. The summed E-state index contributed by atoms with van der Waals surface area (Å²) in [5.41, 5.74) is 2.98. The van der Waals surface area contributed by atoms with Crippen LogP contribution in [0.25, 0.3) is 0 Å². The number of nitrogens with one attached hydrogen (secondary N) is 3. The Morgan fingerprint density at radius 3 is 2.43 bits per heavy atom. The van der Waals surface area contributed by atoms with Gasteiger partial charge in [-0.25, -0.2) is 0 Å². The Morgan fingerprint density at radius 1 is 1.04 bits per heavy atom. The van der Waals surface area contributed by atoms with Gasteiger partial charge in [0, 0.05) is 37.4 Å². The molecule has 0 amide bonds. The molecular weight excluding hydrogens is 290 g/mol. The number of carbonyl (C=O) groups excluding carboxylic acids is 1. The van der Waals surface area contributed by atoms with Gasteiger partial charge < -0.3 is 20.7 Å². The molecule has 1 aromatic carbocycles. The van der Waals surface area contributed by atoms with Crippen molar-refractivity contribution in [1.82, 2.24) is 10.6 Å². The van der Waals surface area contributed by atoms with Crippen LogP contribution in [0, 0.1) is 0 Å². The van der Waals surface area contributed by atoms with Gasteiger partial charge in [0.05, 0.1) is 13.2 Å². The molecule has 0 spiro atoms. The maximum absolute atomic E-state index is 11.7. The number of ether oxygens (including phenoxy) is 1. The van der Waals surface area contributed by atoms with E-state index in [1.165, 1.54) is 0 Å². The summed E-state index contributed by atoms with van der Waals surface area (Å²) in [5, 5.41) is 9.98. The zero-order valence-corrected chi connectivity index (χ0v) is 14.7. The van der Waals surface area contributed by atoms with Crippen LogP contribution < -0.4 is 16.0 Å². The summed E-state index contributed by atoms with van der Waals surface area (Å²) >= 11 is 0. The highest BCUT2D eigenvalue weighted by atomic mass is 16.5. The first kappa shape index (κ1) is 19.6. The fourth-order valence-electron chi connectivity index (χ4n) is 2.44. The van der Waals surface area contributed by atoms with Gasteiger partial charge in [-0.3, -0.25) is 4.79 Å². The topological polar surface area (TPSA) is 62.4 Å². The van der Waals surface area contributed by atoms with Gasteiger partial charge in [-0.1, -0.05) is 26.0 Å². The highest BCUT2D eigenvalue weighted by Crippen LogP contribution is 2.21. The molecule has 23 heavy (non-hydrogen) atoms. The first-order valence-corrected chi connectivity index (χ1v) is 8.56. The zero-order valence-electron chi connectivity index (χ0n) is 14.7. The van der Waals surface area contributed by atoms with Gasteiger partial charge in [0.15, 0.2) is 5.78 Å². The number of hydrogen-bond donors (Lipinski definition) is 3. The van der Waals surface area contributed by atoms with Crippen molar-refractivity contribution in [2.45, 2.75) is 27.2 Å². The van der Waals surface area contributed by atoms with E-state index in [9.17, 15) is 4.79 Å². The highest BCUT2D eigenvalue weighted by Gasteiger charge is 2.09. The summed E-state index contributed by atoms with van der Waals surface area (Å²) < 4.78 is 5.50. The third-order valence-corrected chi connectivity index (χ3v) is 3.62. The van der Waals surface area contributed by atoms with E-state index in [4.69, 9.17) is 4.74 Å². The van der Waals surface area contributed by atoms with Crippen LogP contribution in [0.1, 0.15) is 36.7 Å². The predicted octanol–water partition coefficient (Wildman–Crippen LogP) is 2.08. The van der Waals surface area contributed by atoms with Gasteiger partial charge in [-0.15, -0.1) is 0 Å². The SMILES string of the molecule is CCNCCOCCNCCNc1cccc(C(C)=O)c1CC. The fourth-order valence-corrected chi connectivity index (χ4v) is 2.44. The third kappa shape index (κ3) is 7.59. The molecule has 0 radical (unpaired) electrons. The van der Waals surface area contributed by atoms with E-state index in [0.717, 1.165) is 69.2 Å². The molecule has 0 aromatic heterocycles. The van der Waals surface area contributed by atoms with Crippen molar-refractivity contribution in [2.24, 2.45) is 0 Å². The van der Waals surface area contributed by atoms with Crippen LogP contribution >= 0.6 is 0 Å². The lowest BCUT2D eigenvalue weighted by Gasteiger charge is -2.14. The fraction of sp³-hybridized carbons (Fsp3) is 0.611. The minimum Gasteiger partial charge on any atom is -0.384 e. The van der Waals surface area contributed by atoms with Gasteiger partial charge in [0.1, 0.15) is 0 Å². The number of carbonyl (C=O) groups is 1. The van der Waals surface area contributed by atoms with Crippen molar-refractivity contribution in [3.05, 3.63) is 29.3 Å². The standard InChI is InChI=1S/C18H31N3O2/c1-4-16-17(15(3)22)7-6-8-18(16)21-10-9-20-12-14-23-13-11-19-5-2/h6-8,19-21H,4-5,9-14H2,1-3H3. The number of ketones is 1. The molecule has 1 aromatic rings. The van der Waals surface area contributed by atoms with Gasteiger partial charge in [0.25, 0.3) is 0 Å². The quantitative estimate of drug-likeness (QED) is 0.383. The lowest BCUT2D eigenvalue weighted by atomic mass is 10.00. The highest BCUT2D eigenvalue weighted by molar-refractivity contribution is 5.97. The molecule has 0 unspecified atom stereocenters. The van der Waals surface area contributed by atoms with Gasteiger partial charge in [-0.2, -0.15) is 0 Å². The van der Waals surface area contributed by atoms with Crippen LogP contribution in [0.15, 0.2) is 18.2 Å². The van der Waals surface area contributed by atoms with Gasteiger partial charge in [0.2, 0.25) is 0 Å². The minimum atomic E-state index is 0.123. The molecule has 5 nitrogen and oxygen atoms in total. The van der Waals surface area contributed by atoms with Crippen molar-refractivity contribution >= 4 is 11.5 Å². The van der Waals surface area contributed by atoms with Gasteiger partial charge in [-0.05, 0) is 31.5 Å². The van der Waals surface area contributed by atoms with Crippen LogP contribution in [0.5, 0.6) is 0 Å². The Morgan fingerprint density at radius 2 is 1.78 bits per heavy atom. The second-order valence-corrected chi connectivity index (χ2v) is 5.38. The van der Waals surface area contributed by atoms with Crippen LogP contribution in [0.2, 0.25) is 0 Å². The number of anilines is 1. The van der Waals surface area contributed by atoms with Crippen LogP contribution in [-0.2, 0) is 11.2 Å². The van der Waals surface area contributed by atoms with Crippen LogP contribution in [0.3, 0.4) is 0 Å². The molecule has 3 N–H and O–H groups in total. The first-order chi connectivity index (χ1) is 11.2. The molecular formula is C18H31N3O2. The normalized spacial score (nSPS) is 10.7. The lowest BCUT2D eigenvalue weighted by Crippen LogP contribution is -2.27. The third-order valence-electron chi connectivity index (χ3n) is 3.62. The number of benzene rings is 1. The molecule has 0 saturated heterocycles. The summed E-state index contributed by atoms with van der Waals surface area (Å²) in [5.74, 6) is 0.123. The number of hydrogen-bond acceptors (Lipinski definition) is 5. The van der Waals surface area contributed by atoms with E-state index >= 15 is 0 Å². The average molecular weight is 321 g/mol. The molecule has 0 bridgehead atoms. The molecule has 0 aliphatic rings. The smallest absolute Gasteiger partial charge is 0.160 e. The maximum atomic E-state index is 11.7. The average Bonchev–Trinajstić information content (AvgIpc) is 2.56. The van der Waals surface area contributed by atoms with E-state index in [1.54, 1.807) is 6.92 Å². The molecule has 0 aliphatic carbocycles. The van der Waals surface area contributed by atoms with E-state index in [-0.39, 0.29) is 5.78 Å².